The zero-order valence-electron chi connectivity index (χ0n) is 17.2. The van der Waals surface area contributed by atoms with Crippen molar-refractivity contribution in [1.29, 1.82) is 0 Å². The summed E-state index contributed by atoms with van der Waals surface area (Å²) in [5, 5.41) is 3.75. The number of anilines is 1. The lowest BCUT2D eigenvalue weighted by atomic mass is 9.93. The number of amides is 1. The van der Waals surface area contributed by atoms with E-state index in [9.17, 15) is 4.79 Å². The van der Waals surface area contributed by atoms with Crippen LogP contribution in [0.4, 0.5) is 5.82 Å². The molecule has 5 nitrogen and oxygen atoms in total. The first-order valence-electron chi connectivity index (χ1n) is 10.7. The number of nitrogens with zero attached hydrogens (tertiary/aromatic N) is 3. The summed E-state index contributed by atoms with van der Waals surface area (Å²) in [5.41, 5.74) is 3.43. The Labute approximate surface area is 177 Å². The number of aromatic nitrogens is 2. The summed E-state index contributed by atoms with van der Waals surface area (Å²) in [6, 6.07) is 7.95. The molecule has 1 amide bonds. The van der Waals surface area contributed by atoms with E-state index in [1.54, 1.807) is 0 Å². The van der Waals surface area contributed by atoms with Gasteiger partial charge >= 0.3 is 0 Å². The Morgan fingerprint density at radius 3 is 2.66 bits per heavy atom. The predicted molar refractivity (Wildman–Crippen MR) is 117 cm³/mol. The largest absolute Gasteiger partial charge is 0.356 e. The van der Waals surface area contributed by atoms with Crippen molar-refractivity contribution in [2.24, 2.45) is 5.92 Å². The molecule has 2 aromatic rings. The molecular weight excluding hydrogens is 384 g/mol. The molecule has 1 saturated heterocycles. The number of aryl methyl sites for hydroxylation is 1. The van der Waals surface area contributed by atoms with Gasteiger partial charge in [0.15, 0.2) is 5.82 Å². The highest BCUT2D eigenvalue weighted by Gasteiger charge is 2.29. The van der Waals surface area contributed by atoms with Crippen LogP contribution in [0.15, 0.2) is 24.3 Å². The van der Waals surface area contributed by atoms with E-state index in [4.69, 9.17) is 21.6 Å². The van der Waals surface area contributed by atoms with Crippen molar-refractivity contribution >= 4 is 23.3 Å². The van der Waals surface area contributed by atoms with Crippen LogP contribution in [0, 0.1) is 5.92 Å². The predicted octanol–water partition coefficient (Wildman–Crippen LogP) is 4.42. The third kappa shape index (κ3) is 4.55. The van der Waals surface area contributed by atoms with Crippen LogP contribution in [0.25, 0.3) is 11.4 Å². The van der Waals surface area contributed by atoms with Crippen molar-refractivity contribution in [2.45, 2.75) is 58.4 Å². The number of nitrogens with one attached hydrogen (secondary N) is 1. The fraction of sp³-hybridized carbons (Fsp3) is 0.522. The lowest BCUT2D eigenvalue weighted by molar-refractivity contribution is -0.126. The lowest BCUT2D eigenvalue weighted by Gasteiger charge is -2.34. The Hall–Kier alpha value is -2.14. The third-order valence-corrected chi connectivity index (χ3v) is 6.08. The molecule has 1 fully saturated rings. The van der Waals surface area contributed by atoms with Crippen LogP contribution in [0.3, 0.4) is 0 Å². The zero-order chi connectivity index (χ0) is 20.4. The maximum Gasteiger partial charge on any atom is 0.223 e. The van der Waals surface area contributed by atoms with Crippen LogP contribution in [0.2, 0.25) is 5.02 Å². The molecular formula is C23H29ClN4O. The van der Waals surface area contributed by atoms with Crippen molar-refractivity contribution in [3.8, 4) is 11.4 Å². The van der Waals surface area contributed by atoms with Crippen LogP contribution in [0.5, 0.6) is 0 Å². The van der Waals surface area contributed by atoms with Gasteiger partial charge in [-0.3, -0.25) is 4.79 Å². The second-order valence-electron chi connectivity index (χ2n) is 8.44. The molecule has 0 unspecified atom stereocenters. The smallest absolute Gasteiger partial charge is 0.223 e. The molecule has 1 aromatic heterocycles. The van der Waals surface area contributed by atoms with Crippen molar-refractivity contribution in [2.75, 3.05) is 18.0 Å². The Morgan fingerprint density at radius 1 is 1.17 bits per heavy atom. The molecule has 0 saturated carbocycles. The van der Waals surface area contributed by atoms with E-state index in [1.807, 2.05) is 38.1 Å². The molecule has 2 heterocycles. The fourth-order valence-electron chi connectivity index (χ4n) is 4.35. The van der Waals surface area contributed by atoms with Gasteiger partial charge in [0, 0.05) is 46.9 Å². The maximum atomic E-state index is 12.4. The summed E-state index contributed by atoms with van der Waals surface area (Å²) >= 11 is 6.20. The second kappa shape index (κ2) is 8.70. The van der Waals surface area contributed by atoms with E-state index in [0.29, 0.717) is 5.02 Å². The molecule has 0 atom stereocenters. The Bertz CT molecular complexity index is 890. The molecule has 2 aliphatic rings. The molecule has 6 heteroatoms. The van der Waals surface area contributed by atoms with Crippen LogP contribution in [0.1, 0.15) is 50.8 Å². The first-order valence-corrected chi connectivity index (χ1v) is 11.1. The van der Waals surface area contributed by atoms with Gasteiger partial charge in [0.25, 0.3) is 0 Å². The van der Waals surface area contributed by atoms with E-state index in [0.717, 1.165) is 56.0 Å². The first-order chi connectivity index (χ1) is 14.0. The highest BCUT2D eigenvalue weighted by atomic mass is 35.5. The number of hydrogen-bond donors (Lipinski definition) is 1. The number of fused-ring (bicyclic) bond motifs is 1. The molecule has 0 spiro atoms. The normalized spacial score (nSPS) is 17.3. The van der Waals surface area contributed by atoms with E-state index < -0.39 is 0 Å². The fourth-order valence-corrected chi connectivity index (χ4v) is 4.54. The summed E-state index contributed by atoms with van der Waals surface area (Å²) in [6.45, 7) is 5.73. The molecule has 4 rings (SSSR count). The van der Waals surface area contributed by atoms with E-state index in [1.165, 1.54) is 24.1 Å². The van der Waals surface area contributed by atoms with Gasteiger partial charge < -0.3 is 10.2 Å². The summed E-state index contributed by atoms with van der Waals surface area (Å²) in [7, 11) is 0. The monoisotopic (exact) mass is 412 g/mol. The minimum atomic E-state index is 0.0960. The molecule has 1 aliphatic heterocycles. The molecule has 0 bridgehead atoms. The number of halogens is 1. The van der Waals surface area contributed by atoms with Crippen molar-refractivity contribution < 1.29 is 4.79 Å². The van der Waals surface area contributed by atoms with Gasteiger partial charge in [-0.2, -0.15) is 0 Å². The summed E-state index contributed by atoms with van der Waals surface area (Å²) in [4.78, 5) is 24.6. The first kappa shape index (κ1) is 20.1. The molecule has 1 N–H and O–H groups in total. The van der Waals surface area contributed by atoms with Crippen molar-refractivity contribution in [3.63, 3.8) is 0 Å². The SMILES string of the molecule is CC(C)NC(=O)C1CCN(c2nc(-c3cccc(Cl)c3)nc3c2CCCC3)CC1. The topological polar surface area (TPSA) is 58.1 Å². The highest BCUT2D eigenvalue weighted by molar-refractivity contribution is 6.30. The number of carbonyl (C=O) groups is 1. The zero-order valence-corrected chi connectivity index (χ0v) is 18.0. The van der Waals surface area contributed by atoms with Gasteiger partial charge in [-0.05, 0) is 64.5 Å². The minimum absolute atomic E-state index is 0.0960. The summed E-state index contributed by atoms with van der Waals surface area (Å²) in [5.74, 6) is 2.10. The Kier molecular flexibility index (Phi) is 6.04. The van der Waals surface area contributed by atoms with Gasteiger partial charge in [0.05, 0.1) is 0 Å². The van der Waals surface area contributed by atoms with Gasteiger partial charge in [-0.1, -0.05) is 23.7 Å². The average molecular weight is 413 g/mol. The standard InChI is InChI=1S/C23H29ClN4O/c1-15(2)25-23(29)16-10-12-28(13-11-16)22-19-8-3-4-9-20(19)26-21(27-22)17-6-5-7-18(24)14-17/h5-7,14-16H,3-4,8-13H2,1-2H3,(H,25,29). The van der Waals surface area contributed by atoms with Crippen LogP contribution >= 0.6 is 11.6 Å². The Balaban J connectivity index is 1.60. The van der Waals surface area contributed by atoms with E-state index >= 15 is 0 Å². The number of benzene rings is 1. The highest BCUT2D eigenvalue weighted by Crippen LogP contribution is 2.33. The van der Waals surface area contributed by atoms with Crippen molar-refractivity contribution in [3.05, 3.63) is 40.5 Å². The second-order valence-corrected chi connectivity index (χ2v) is 8.87. The molecule has 0 radical (unpaired) electrons. The van der Waals surface area contributed by atoms with Gasteiger partial charge in [0.2, 0.25) is 5.91 Å². The van der Waals surface area contributed by atoms with Gasteiger partial charge in [-0.25, -0.2) is 9.97 Å². The van der Waals surface area contributed by atoms with E-state index in [2.05, 4.69) is 10.2 Å². The van der Waals surface area contributed by atoms with Crippen LogP contribution < -0.4 is 10.2 Å². The Morgan fingerprint density at radius 2 is 1.93 bits per heavy atom. The summed E-state index contributed by atoms with van der Waals surface area (Å²) < 4.78 is 0. The third-order valence-electron chi connectivity index (χ3n) is 5.84. The minimum Gasteiger partial charge on any atom is -0.356 e. The summed E-state index contributed by atoms with van der Waals surface area (Å²) in [6.07, 6.45) is 6.14. The number of carbonyl (C=O) groups excluding carboxylic acids is 1. The quantitative estimate of drug-likeness (QED) is 0.807. The van der Waals surface area contributed by atoms with Crippen LogP contribution in [-0.2, 0) is 17.6 Å². The van der Waals surface area contributed by atoms with Crippen molar-refractivity contribution in [1.82, 2.24) is 15.3 Å². The molecule has 1 aliphatic carbocycles. The number of rotatable bonds is 4. The van der Waals surface area contributed by atoms with Crippen LogP contribution in [-0.4, -0.2) is 35.0 Å². The van der Waals surface area contributed by atoms with Gasteiger partial charge in [-0.15, -0.1) is 0 Å². The lowest BCUT2D eigenvalue weighted by Crippen LogP contribution is -2.43. The number of hydrogen-bond acceptors (Lipinski definition) is 4. The average Bonchev–Trinajstić information content (AvgIpc) is 2.72. The molecule has 1 aromatic carbocycles. The molecule has 29 heavy (non-hydrogen) atoms. The van der Waals surface area contributed by atoms with E-state index in [-0.39, 0.29) is 17.9 Å². The van der Waals surface area contributed by atoms with Gasteiger partial charge in [0.1, 0.15) is 5.82 Å². The molecule has 154 valence electrons. The number of piperidine rings is 1. The maximum absolute atomic E-state index is 12.4.